The van der Waals surface area contributed by atoms with Crippen molar-refractivity contribution in [3.63, 3.8) is 0 Å². The molecule has 0 heterocycles. The highest BCUT2D eigenvalue weighted by Gasteiger charge is 2.22. The van der Waals surface area contributed by atoms with Crippen molar-refractivity contribution in [3.05, 3.63) is 84.2 Å². The summed E-state index contributed by atoms with van der Waals surface area (Å²) in [4.78, 5) is 25.8. The lowest BCUT2D eigenvalue weighted by Crippen LogP contribution is -2.32. The highest BCUT2D eigenvalue weighted by molar-refractivity contribution is 6.08. The fourth-order valence-electron chi connectivity index (χ4n) is 3.23. The van der Waals surface area contributed by atoms with Crippen LogP contribution in [0, 0.1) is 5.82 Å². The van der Waals surface area contributed by atoms with E-state index in [1.807, 2.05) is 0 Å². The fourth-order valence-corrected chi connectivity index (χ4v) is 3.23. The Morgan fingerprint density at radius 1 is 0.933 bits per heavy atom. The molecule has 1 N–H and O–H groups in total. The molecule has 3 aromatic rings. The number of ether oxygens (including phenoxy) is 1. The molecule has 3 rings (SSSR count). The summed E-state index contributed by atoms with van der Waals surface area (Å²) in [6.45, 7) is 0.183. The van der Waals surface area contributed by atoms with Gasteiger partial charge < -0.3 is 14.7 Å². The van der Waals surface area contributed by atoms with Crippen molar-refractivity contribution in [1.82, 2.24) is 0 Å². The van der Waals surface area contributed by atoms with Gasteiger partial charge >= 0.3 is 5.97 Å². The Balaban J connectivity index is 2.03. The summed E-state index contributed by atoms with van der Waals surface area (Å²) in [5.74, 6) is -1.01. The molecule has 6 heteroatoms. The molecule has 30 heavy (non-hydrogen) atoms. The second kappa shape index (κ2) is 9.69. The summed E-state index contributed by atoms with van der Waals surface area (Å²) in [5.41, 5.74) is 1.88. The van der Waals surface area contributed by atoms with Crippen LogP contribution in [0.15, 0.2) is 72.8 Å². The van der Waals surface area contributed by atoms with Crippen molar-refractivity contribution in [3.8, 4) is 16.9 Å². The second-order valence-corrected chi connectivity index (χ2v) is 6.68. The summed E-state index contributed by atoms with van der Waals surface area (Å²) < 4.78 is 19.6. The number of nitrogens with zero attached hydrogens (tertiary/aromatic N) is 1. The Labute approximate surface area is 174 Å². The number of carboxylic acids is 1. The first kappa shape index (κ1) is 21.0. The van der Waals surface area contributed by atoms with E-state index in [0.717, 1.165) is 0 Å². The van der Waals surface area contributed by atoms with E-state index in [-0.39, 0.29) is 25.3 Å². The Bertz CT molecular complexity index is 1030. The Kier molecular flexibility index (Phi) is 6.80. The lowest BCUT2D eigenvalue weighted by Gasteiger charge is -2.26. The van der Waals surface area contributed by atoms with Crippen LogP contribution in [0.2, 0.25) is 0 Å². The van der Waals surface area contributed by atoms with Gasteiger partial charge in [0, 0.05) is 29.7 Å². The number of halogens is 1. The number of hydrogen-bond donors (Lipinski definition) is 1. The van der Waals surface area contributed by atoms with E-state index in [1.54, 1.807) is 73.8 Å². The van der Waals surface area contributed by atoms with Crippen molar-refractivity contribution in [2.45, 2.75) is 12.8 Å². The van der Waals surface area contributed by atoms with Gasteiger partial charge in [0.05, 0.1) is 12.8 Å². The number of anilines is 1. The van der Waals surface area contributed by atoms with Gasteiger partial charge in [0.25, 0.3) is 5.91 Å². The Hall–Kier alpha value is -3.67. The smallest absolute Gasteiger partial charge is 0.303 e. The molecular formula is C24H22FNO4. The molecule has 0 atom stereocenters. The molecule has 154 valence electrons. The SMILES string of the molecule is COc1ccc(C(=O)N(CCCC(=O)O)c2ccccc2-c2ccccc2F)cc1. The lowest BCUT2D eigenvalue weighted by molar-refractivity contribution is -0.137. The van der Waals surface area contributed by atoms with Crippen LogP contribution in [0.4, 0.5) is 10.1 Å². The first-order valence-corrected chi connectivity index (χ1v) is 9.53. The molecule has 3 aromatic carbocycles. The van der Waals surface area contributed by atoms with Gasteiger partial charge in [-0.15, -0.1) is 0 Å². The van der Waals surface area contributed by atoms with Crippen LogP contribution >= 0.6 is 0 Å². The van der Waals surface area contributed by atoms with Gasteiger partial charge in [0.1, 0.15) is 11.6 Å². The standard InChI is InChI=1S/C24H22FNO4/c1-30-18-14-12-17(13-15-18)24(29)26(16-6-11-23(27)28)22-10-5-3-8-20(22)19-7-2-4-9-21(19)25/h2-5,7-10,12-15H,6,11,16H2,1H3,(H,27,28). The summed E-state index contributed by atoms with van der Waals surface area (Å²) in [7, 11) is 1.54. The summed E-state index contributed by atoms with van der Waals surface area (Å²) in [6.07, 6.45) is 0.192. The number of aliphatic carboxylic acids is 1. The van der Waals surface area contributed by atoms with Crippen LogP contribution in [0.5, 0.6) is 5.75 Å². The number of carbonyl (C=O) groups is 2. The predicted molar refractivity (Wildman–Crippen MR) is 113 cm³/mol. The lowest BCUT2D eigenvalue weighted by atomic mass is 10.0. The molecule has 0 aliphatic carbocycles. The van der Waals surface area contributed by atoms with Gasteiger partial charge in [0.15, 0.2) is 0 Å². The first-order valence-electron chi connectivity index (χ1n) is 9.53. The average molecular weight is 407 g/mol. The second-order valence-electron chi connectivity index (χ2n) is 6.68. The molecular weight excluding hydrogens is 385 g/mol. The molecule has 0 radical (unpaired) electrons. The minimum absolute atomic E-state index is 0.0751. The molecule has 0 saturated carbocycles. The quantitative estimate of drug-likeness (QED) is 0.570. The number of amides is 1. The van der Waals surface area contributed by atoms with Crippen LogP contribution in [-0.4, -0.2) is 30.6 Å². The monoisotopic (exact) mass is 407 g/mol. The third-order valence-corrected chi connectivity index (χ3v) is 4.71. The molecule has 1 amide bonds. The zero-order valence-corrected chi connectivity index (χ0v) is 16.5. The van der Waals surface area contributed by atoms with Crippen LogP contribution in [0.1, 0.15) is 23.2 Å². The van der Waals surface area contributed by atoms with E-state index < -0.39 is 11.8 Å². The van der Waals surface area contributed by atoms with Gasteiger partial charge in [-0.3, -0.25) is 9.59 Å². The molecule has 0 fully saturated rings. The van der Waals surface area contributed by atoms with Gasteiger partial charge in [-0.2, -0.15) is 0 Å². The first-order chi connectivity index (χ1) is 14.5. The molecule has 0 unspecified atom stereocenters. The topological polar surface area (TPSA) is 66.8 Å². The van der Waals surface area contributed by atoms with E-state index in [2.05, 4.69) is 0 Å². The van der Waals surface area contributed by atoms with E-state index in [9.17, 15) is 14.0 Å². The third kappa shape index (κ3) is 4.84. The highest BCUT2D eigenvalue weighted by Crippen LogP contribution is 2.33. The van der Waals surface area contributed by atoms with Gasteiger partial charge in [-0.25, -0.2) is 4.39 Å². The number of para-hydroxylation sites is 1. The van der Waals surface area contributed by atoms with Crippen molar-refractivity contribution < 1.29 is 23.8 Å². The number of rotatable bonds is 8. The summed E-state index contributed by atoms with van der Waals surface area (Å²) >= 11 is 0. The molecule has 0 aromatic heterocycles. The molecule has 0 aliphatic rings. The normalized spacial score (nSPS) is 10.5. The fraction of sp³-hybridized carbons (Fsp3) is 0.167. The number of carboxylic acid groups (broad SMARTS) is 1. The van der Waals surface area contributed by atoms with E-state index in [0.29, 0.717) is 28.1 Å². The molecule has 0 aliphatic heterocycles. The van der Waals surface area contributed by atoms with E-state index in [1.165, 1.54) is 11.0 Å². The Morgan fingerprint density at radius 2 is 1.57 bits per heavy atom. The van der Waals surface area contributed by atoms with Crippen LogP contribution < -0.4 is 9.64 Å². The molecule has 0 saturated heterocycles. The predicted octanol–water partition coefficient (Wildman–Crippen LogP) is 5.01. The van der Waals surface area contributed by atoms with E-state index in [4.69, 9.17) is 9.84 Å². The minimum Gasteiger partial charge on any atom is -0.497 e. The van der Waals surface area contributed by atoms with Crippen LogP contribution in [0.3, 0.4) is 0 Å². The van der Waals surface area contributed by atoms with Crippen LogP contribution in [-0.2, 0) is 4.79 Å². The largest absolute Gasteiger partial charge is 0.497 e. The van der Waals surface area contributed by atoms with Gasteiger partial charge in [0.2, 0.25) is 0 Å². The summed E-state index contributed by atoms with van der Waals surface area (Å²) in [5, 5.41) is 9.01. The zero-order chi connectivity index (χ0) is 21.5. The Morgan fingerprint density at radius 3 is 2.20 bits per heavy atom. The maximum atomic E-state index is 14.5. The van der Waals surface area contributed by atoms with E-state index >= 15 is 0 Å². The van der Waals surface area contributed by atoms with Gasteiger partial charge in [-0.1, -0.05) is 36.4 Å². The molecule has 0 spiro atoms. The third-order valence-electron chi connectivity index (χ3n) is 4.71. The zero-order valence-electron chi connectivity index (χ0n) is 16.5. The van der Waals surface area contributed by atoms with Crippen molar-refractivity contribution >= 4 is 17.6 Å². The number of benzene rings is 3. The van der Waals surface area contributed by atoms with Crippen molar-refractivity contribution in [1.29, 1.82) is 0 Å². The van der Waals surface area contributed by atoms with Crippen molar-refractivity contribution in [2.24, 2.45) is 0 Å². The minimum atomic E-state index is -0.936. The maximum Gasteiger partial charge on any atom is 0.303 e. The van der Waals surface area contributed by atoms with Crippen LogP contribution in [0.25, 0.3) is 11.1 Å². The van der Waals surface area contributed by atoms with Gasteiger partial charge in [-0.05, 0) is 42.8 Å². The summed E-state index contributed by atoms with van der Waals surface area (Å²) in [6, 6.07) is 20.1. The highest BCUT2D eigenvalue weighted by atomic mass is 19.1. The number of hydrogen-bond acceptors (Lipinski definition) is 3. The molecule has 0 bridgehead atoms. The van der Waals surface area contributed by atoms with Crippen molar-refractivity contribution in [2.75, 3.05) is 18.6 Å². The molecule has 5 nitrogen and oxygen atoms in total. The number of methoxy groups -OCH3 is 1. The maximum absolute atomic E-state index is 14.5. The number of carbonyl (C=O) groups excluding carboxylic acids is 1. The average Bonchev–Trinajstić information content (AvgIpc) is 2.77.